The summed E-state index contributed by atoms with van der Waals surface area (Å²) in [6.07, 6.45) is 3.23. The Labute approximate surface area is 195 Å². The van der Waals surface area contributed by atoms with E-state index in [1.165, 1.54) is 17.8 Å². The van der Waals surface area contributed by atoms with E-state index in [9.17, 15) is 8.42 Å². The zero-order valence-corrected chi connectivity index (χ0v) is 20.0. The maximum atomic E-state index is 12.6. The van der Waals surface area contributed by atoms with Crippen molar-refractivity contribution in [3.8, 4) is 17.2 Å². The third kappa shape index (κ3) is 6.69. The van der Waals surface area contributed by atoms with Crippen molar-refractivity contribution in [2.24, 2.45) is 0 Å². The molecule has 1 heterocycles. The minimum Gasteiger partial charge on any atom is -0.494 e. The highest BCUT2D eigenvalue weighted by Crippen LogP contribution is 2.27. The van der Waals surface area contributed by atoms with Crippen LogP contribution in [0.25, 0.3) is 0 Å². The topological polar surface area (TPSA) is 78.0 Å². The normalized spacial score (nSPS) is 11.4. The summed E-state index contributed by atoms with van der Waals surface area (Å²) in [6, 6.07) is 17.3. The molecule has 33 heavy (non-hydrogen) atoms. The first-order chi connectivity index (χ1) is 15.9. The SMILES string of the molecule is COc1ccc(CCN(C)CCCOc2ccc(S(=O)(=O)c3ccccn3)cc2)cc1OC. The molecule has 0 unspecified atom stereocenters. The molecule has 3 rings (SSSR count). The van der Waals surface area contributed by atoms with Gasteiger partial charge in [-0.2, -0.15) is 0 Å². The molecule has 0 N–H and O–H groups in total. The standard InChI is InChI=1S/C25H30N2O5S/c1-27(17-14-20-8-13-23(30-2)24(19-20)31-3)16-6-18-32-21-9-11-22(12-10-21)33(28,29)25-7-4-5-15-26-25/h4-5,7-13,15,19H,6,14,16-18H2,1-3H3. The summed E-state index contributed by atoms with van der Waals surface area (Å²) in [5, 5.41) is 0.0368. The predicted octanol–water partition coefficient (Wildman–Crippen LogP) is 3.88. The number of hydrogen-bond acceptors (Lipinski definition) is 7. The lowest BCUT2D eigenvalue weighted by molar-refractivity contribution is 0.264. The molecule has 176 valence electrons. The Kier molecular flexibility index (Phi) is 8.68. The van der Waals surface area contributed by atoms with E-state index in [-0.39, 0.29) is 9.92 Å². The highest BCUT2D eigenvalue weighted by atomic mass is 32.2. The number of benzene rings is 2. The van der Waals surface area contributed by atoms with Crippen LogP contribution in [0.15, 0.2) is 76.8 Å². The number of hydrogen-bond donors (Lipinski definition) is 0. The van der Waals surface area contributed by atoms with E-state index < -0.39 is 9.84 Å². The predicted molar refractivity (Wildman–Crippen MR) is 127 cm³/mol. The van der Waals surface area contributed by atoms with Gasteiger partial charge in [-0.3, -0.25) is 0 Å². The summed E-state index contributed by atoms with van der Waals surface area (Å²) in [6.45, 7) is 2.35. The molecule has 1 aromatic heterocycles. The Hall–Kier alpha value is -3.10. The number of ether oxygens (including phenoxy) is 3. The number of likely N-dealkylation sites (N-methyl/N-ethyl adjacent to an activating group) is 1. The van der Waals surface area contributed by atoms with Crippen molar-refractivity contribution in [2.75, 3.05) is 41.0 Å². The fraction of sp³-hybridized carbons (Fsp3) is 0.320. The number of methoxy groups -OCH3 is 2. The van der Waals surface area contributed by atoms with Crippen molar-refractivity contribution >= 4 is 9.84 Å². The fourth-order valence-electron chi connectivity index (χ4n) is 3.33. The minimum absolute atomic E-state index is 0.0368. The van der Waals surface area contributed by atoms with Gasteiger partial charge in [0, 0.05) is 19.3 Å². The van der Waals surface area contributed by atoms with E-state index >= 15 is 0 Å². The maximum Gasteiger partial charge on any atom is 0.223 e. The average molecular weight is 471 g/mol. The Bertz CT molecular complexity index is 1120. The van der Waals surface area contributed by atoms with Crippen molar-refractivity contribution in [3.63, 3.8) is 0 Å². The molecule has 0 atom stereocenters. The molecule has 0 saturated heterocycles. The van der Waals surface area contributed by atoms with Gasteiger partial charge in [-0.25, -0.2) is 13.4 Å². The van der Waals surface area contributed by atoms with E-state index in [1.54, 1.807) is 50.6 Å². The molecule has 0 bridgehead atoms. The van der Waals surface area contributed by atoms with Crippen LogP contribution in [0.1, 0.15) is 12.0 Å². The molecule has 0 aliphatic rings. The van der Waals surface area contributed by atoms with Crippen LogP contribution in [-0.2, 0) is 16.3 Å². The summed E-state index contributed by atoms with van der Waals surface area (Å²) in [5.74, 6) is 2.11. The second-order valence-electron chi connectivity index (χ2n) is 7.59. The fourth-order valence-corrected chi connectivity index (χ4v) is 4.53. The maximum absolute atomic E-state index is 12.6. The molecule has 0 aliphatic heterocycles. The van der Waals surface area contributed by atoms with Gasteiger partial charge < -0.3 is 19.1 Å². The Morgan fingerprint density at radius 1 is 0.909 bits per heavy atom. The third-order valence-electron chi connectivity index (χ3n) is 5.23. The van der Waals surface area contributed by atoms with Gasteiger partial charge in [0.2, 0.25) is 9.84 Å². The Morgan fingerprint density at radius 2 is 1.67 bits per heavy atom. The number of aromatic nitrogens is 1. The molecule has 0 fully saturated rings. The van der Waals surface area contributed by atoms with E-state index in [0.717, 1.165) is 37.4 Å². The van der Waals surface area contributed by atoms with Gasteiger partial charge in [0.15, 0.2) is 16.5 Å². The average Bonchev–Trinajstić information content (AvgIpc) is 2.86. The number of nitrogens with zero attached hydrogens (tertiary/aromatic N) is 2. The molecule has 0 saturated carbocycles. The van der Waals surface area contributed by atoms with Crippen LogP contribution in [0, 0.1) is 0 Å². The molecule has 3 aromatic rings. The molecule has 0 amide bonds. The summed E-state index contributed by atoms with van der Waals surface area (Å²) in [5.41, 5.74) is 1.19. The van der Waals surface area contributed by atoms with Crippen LogP contribution in [0.4, 0.5) is 0 Å². The summed E-state index contributed by atoms with van der Waals surface area (Å²) in [7, 11) is 1.73. The first-order valence-corrected chi connectivity index (χ1v) is 12.2. The lowest BCUT2D eigenvalue weighted by atomic mass is 10.1. The second kappa shape index (κ2) is 11.7. The molecular weight excluding hydrogens is 440 g/mol. The van der Waals surface area contributed by atoms with Gasteiger partial charge in [-0.15, -0.1) is 0 Å². The van der Waals surface area contributed by atoms with E-state index in [4.69, 9.17) is 14.2 Å². The van der Waals surface area contributed by atoms with Crippen LogP contribution in [0.2, 0.25) is 0 Å². The second-order valence-corrected chi connectivity index (χ2v) is 9.48. The first-order valence-electron chi connectivity index (χ1n) is 10.7. The van der Waals surface area contributed by atoms with E-state index in [2.05, 4.69) is 23.0 Å². The lowest BCUT2D eigenvalue weighted by Gasteiger charge is -2.17. The largest absolute Gasteiger partial charge is 0.494 e. The van der Waals surface area contributed by atoms with Crippen molar-refractivity contribution in [3.05, 3.63) is 72.4 Å². The minimum atomic E-state index is -3.62. The Morgan fingerprint density at radius 3 is 2.33 bits per heavy atom. The zero-order valence-electron chi connectivity index (χ0n) is 19.2. The van der Waals surface area contributed by atoms with Gasteiger partial charge in [-0.1, -0.05) is 12.1 Å². The van der Waals surface area contributed by atoms with E-state index in [1.807, 2.05) is 12.1 Å². The smallest absolute Gasteiger partial charge is 0.223 e. The van der Waals surface area contributed by atoms with Gasteiger partial charge in [0.1, 0.15) is 5.75 Å². The van der Waals surface area contributed by atoms with Crippen molar-refractivity contribution < 1.29 is 22.6 Å². The quantitative estimate of drug-likeness (QED) is 0.372. The molecule has 0 aliphatic carbocycles. The van der Waals surface area contributed by atoms with Crippen LogP contribution >= 0.6 is 0 Å². The number of pyridine rings is 1. The van der Waals surface area contributed by atoms with Gasteiger partial charge >= 0.3 is 0 Å². The molecular formula is C25H30N2O5S. The molecule has 8 heteroatoms. The number of sulfone groups is 1. The van der Waals surface area contributed by atoms with E-state index in [0.29, 0.717) is 12.4 Å². The Balaban J connectivity index is 1.42. The molecule has 2 aromatic carbocycles. The van der Waals surface area contributed by atoms with Gasteiger partial charge in [-0.05, 0) is 74.0 Å². The van der Waals surface area contributed by atoms with Crippen LogP contribution in [-0.4, -0.2) is 59.3 Å². The summed E-state index contributed by atoms with van der Waals surface area (Å²) in [4.78, 5) is 6.39. The zero-order chi connectivity index (χ0) is 23.7. The number of rotatable bonds is 12. The van der Waals surface area contributed by atoms with Crippen molar-refractivity contribution in [1.29, 1.82) is 0 Å². The third-order valence-corrected chi connectivity index (χ3v) is 6.92. The van der Waals surface area contributed by atoms with Gasteiger partial charge in [0.25, 0.3) is 0 Å². The van der Waals surface area contributed by atoms with Crippen molar-refractivity contribution in [1.82, 2.24) is 9.88 Å². The van der Waals surface area contributed by atoms with Crippen LogP contribution in [0.5, 0.6) is 17.2 Å². The first kappa shape index (κ1) is 24.5. The summed E-state index contributed by atoms with van der Waals surface area (Å²) >= 11 is 0. The molecule has 7 nitrogen and oxygen atoms in total. The highest BCUT2D eigenvalue weighted by Gasteiger charge is 2.18. The highest BCUT2D eigenvalue weighted by molar-refractivity contribution is 7.91. The molecule has 0 spiro atoms. The monoisotopic (exact) mass is 470 g/mol. The van der Waals surface area contributed by atoms with Crippen LogP contribution < -0.4 is 14.2 Å². The summed E-state index contributed by atoms with van der Waals surface area (Å²) < 4.78 is 41.6. The lowest BCUT2D eigenvalue weighted by Crippen LogP contribution is -2.23. The van der Waals surface area contributed by atoms with Crippen LogP contribution in [0.3, 0.4) is 0 Å². The molecule has 0 radical (unpaired) electrons. The van der Waals surface area contributed by atoms with Crippen molar-refractivity contribution in [2.45, 2.75) is 22.8 Å². The van der Waals surface area contributed by atoms with Gasteiger partial charge in [0.05, 0.1) is 25.7 Å².